The lowest BCUT2D eigenvalue weighted by atomic mass is 9.75. The van der Waals surface area contributed by atoms with E-state index in [0.29, 0.717) is 0 Å². The number of nitrogens with one attached hydrogen (secondary N) is 1. The third-order valence-corrected chi connectivity index (χ3v) is 3.79. The molecule has 0 saturated carbocycles. The van der Waals surface area contributed by atoms with Gasteiger partial charge in [0, 0.05) is 0 Å². The lowest BCUT2D eigenvalue weighted by Crippen LogP contribution is -2.37. The van der Waals surface area contributed by atoms with Crippen molar-refractivity contribution in [3.05, 3.63) is 23.8 Å². The summed E-state index contributed by atoms with van der Waals surface area (Å²) in [4.78, 5) is 0. The summed E-state index contributed by atoms with van der Waals surface area (Å²) in [5.74, 6) is 1.62. The quantitative estimate of drug-likeness (QED) is 0.872. The highest BCUT2D eigenvalue weighted by molar-refractivity contribution is 5.45. The first-order chi connectivity index (χ1) is 8.19. The van der Waals surface area contributed by atoms with Crippen molar-refractivity contribution >= 4 is 0 Å². The second kappa shape index (κ2) is 4.96. The fraction of sp³-hybridized carbons (Fsp3) is 0.571. The number of hydrogen-bond acceptors (Lipinski definition) is 3. The Hall–Kier alpha value is -1.22. The van der Waals surface area contributed by atoms with Gasteiger partial charge >= 0.3 is 0 Å². The molecular weight excluding hydrogens is 214 g/mol. The molecule has 17 heavy (non-hydrogen) atoms. The standard InChI is InChI=1S/C14H21NO2/c1-14(6-8-15-9-7-14)11-4-5-12(16-2)13(10-11)17-3/h4-5,10,15H,6-9H2,1-3H3. The molecule has 3 nitrogen and oxygen atoms in total. The Morgan fingerprint density at radius 3 is 2.29 bits per heavy atom. The van der Waals surface area contributed by atoms with E-state index in [0.717, 1.165) is 24.6 Å². The molecule has 0 amide bonds. The van der Waals surface area contributed by atoms with Crippen LogP contribution in [0, 0.1) is 0 Å². The number of ether oxygens (including phenoxy) is 2. The summed E-state index contributed by atoms with van der Waals surface area (Å²) in [6.07, 6.45) is 2.34. The van der Waals surface area contributed by atoms with Crippen LogP contribution in [0.3, 0.4) is 0 Å². The monoisotopic (exact) mass is 235 g/mol. The van der Waals surface area contributed by atoms with Gasteiger partial charge in [0.05, 0.1) is 14.2 Å². The summed E-state index contributed by atoms with van der Waals surface area (Å²) >= 11 is 0. The van der Waals surface area contributed by atoms with E-state index >= 15 is 0 Å². The molecule has 0 spiro atoms. The zero-order valence-corrected chi connectivity index (χ0v) is 10.9. The molecule has 1 fully saturated rings. The molecule has 1 heterocycles. The highest BCUT2D eigenvalue weighted by Crippen LogP contribution is 2.37. The molecule has 1 aromatic carbocycles. The summed E-state index contributed by atoms with van der Waals surface area (Å²) in [5, 5.41) is 3.40. The SMILES string of the molecule is COc1ccc(C2(C)CCNCC2)cc1OC. The third-order valence-electron chi connectivity index (χ3n) is 3.79. The fourth-order valence-corrected chi connectivity index (χ4v) is 2.48. The van der Waals surface area contributed by atoms with E-state index in [2.05, 4.69) is 24.4 Å². The van der Waals surface area contributed by atoms with Crippen LogP contribution in [0.5, 0.6) is 11.5 Å². The molecule has 0 aromatic heterocycles. The minimum atomic E-state index is 0.255. The second-order valence-electron chi connectivity index (χ2n) is 4.88. The summed E-state index contributed by atoms with van der Waals surface area (Å²) in [7, 11) is 3.36. The van der Waals surface area contributed by atoms with Gasteiger partial charge in [0.2, 0.25) is 0 Å². The molecular formula is C14H21NO2. The molecule has 0 aliphatic carbocycles. The first-order valence-corrected chi connectivity index (χ1v) is 6.13. The van der Waals surface area contributed by atoms with Crippen LogP contribution >= 0.6 is 0 Å². The van der Waals surface area contributed by atoms with Gasteiger partial charge in [0.1, 0.15) is 0 Å². The molecule has 1 aliphatic rings. The lowest BCUT2D eigenvalue weighted by molar-refractivity contribution is 0.328. The van der Waals surface area contributed by atoms with Crippen molar-refractivity contribution in [1.29, 1.82) is 0 Å². The van der Waals surface area contributed by atoms with Gasteiger partial charge in [-0.1, -0.05) is 13.0 Å². The number of hydrogen-bond donors (Lipinski definition) is 1. The van der Waals surface area contributed by atoms with Crippen molar-refractivity contribution < 1.29 is 9.47 Å². The Morgan fingerprint density at radius 2 is 1.71 bits per heavy atom. The lowest BCUT2D eigenvalue weighted by Gasteiger charge is -2.34. The minimum absolute atomic E-state index is 0.255. The van der Waals surface area contributed by atoms with Gasteiger partial charge in [0.15, 0.2) is 11.5 Å². The molecule has 0 atom stereocenters. The van der Waals surface area contributed by atoms with Gasteiger partial charge in [-0.05, 0) is 49.0 Å². The third kappa shape index (κ3) is 2.39. The molecule has 1 aromatic rings. The fourth-order valence-electron chi connectivity index (χ4n) is 2.48. The Kier molecular flexibility index (Phi) is 3.57. The maximum Gasteiger partial charge on any atom is 0.161 e. The van der Waals surface area contributed by atoms with Crippen LogP contribution in [-0.2, 0) is 5.41 Å². The molecule has 0 radical (unpaired) electrons. The van der Waals surface area contributed by atoms with Crippen LogP contribution in [0.25, 0.3) is 0 Å². The van der Waals surface area contributed by atoms with Gasteiger partial charge in [-0.15, -0.1) is 0 Å². The molecule has 1 N–H and O–H groups in total. The van der Waals surface area contributed by atoms with Gasteiger partial charge in [-0.2, -0.15) is 0 Å². The second-order valence-corrected chi connectivity index (χ2v) is 4.88. The highest BCUT2D eigenvalue weighted by atomic mass is 16.5. The first-order valence-electron chi connectivity index (χ1n) is 6.13. The number of rotatable bonds is 3. The van der Waals surface area contributed by atoms with E-state index in [9.17, 15) is 0 Å². The van der Waals surface area contributed by atoms with Crippen molar-refractivity contribution in [2.45, 2.75) is 25.2 Å². The first kappa shape index (κ1) is 12.2. The normalized spacial score (nSPS) is 18.8. The minimum Gasteiger partial charge on any atom is -0.493 e. The zero-order chi connectivity index (χ0) is 12.3. The molecule has 0 unspecified atom stereocenters. The van der Waals surface area contributed by atoms with Crippen molar-refractivity contribution in [2.75, 3.05) is 27.3 Å². The van der Waals surface area contributed by atoms with E-state index in [1.54, 1.807) is 14.2 Å². The smallest absolute Gasteiger partial charge is 0.161 e. The van der Waals surface area contributed by atoms with Gasteiger partial charge < -0.3 is 14.8 Å². The topological polar surface area (TPSA) is 30.5 Å². The summed E-state index contributed by atoms with van der Waals surface area (Å²) in [5.41, 5.74) is 1.60. The average molecular weight is 235 g/mol. The Morgan fingerprint density at radius 1 is 1.06 bits per heavy atom. The highest BCUT2D eigenvalue weighted by Gasteiger charge is 2.29. The molecule has 1 aliphatic heterocycles. The van der Waals surface area contributed by atoms with Crippen LogP contribution in [0.4, 0.5) is 0 Å². The van der Waals surface area contributed by atoms with Gasteiger partial charge in [-0.25, -0.2) is 0 Å². The summed E-state index contributed by atoms with van der Waals surface area (Å²) < 4.78 is 10.6. The number of methoxy groups -OCH3 is 2. The number of benzene rings is 1. The van der Waals surface area contributed by atoms with Crippen molar-refractivity contribution in [2.24, 2.45) is 0 Å². The Balaban J connectivity index is 2.32. The van der Waals surface area contributed by atoms with Crippen molar-refractivity contribution in [1.82, 2.24) is 5.32 Å². The van der Waals surface area contributed by atoms with E-state index in [1.807, 2.05) is 6.07 Å². The van der Waals surface area contributed by atoms with Crippen molar-refractivity contribution in [3.63, 3.8) is 0 Å². The van der Waals surface area contributed by atoms with Crippen LogP contribution in [-0.4, -0.2) is 27.3 Å². The van der Waals surface area contributed by atoms with Crippen LogP contribution in [0.2, 0.25) is 0 Å². The van der Waals surface area contributed by atoms with Crippen LogP contribution < -0.4 is 14.8 Å². The molecule has 94 valence electrons. The summed E-state index contributed by atoms with van der Waals surface area (Å²) in [6, 6.07) is 6.28. The number of piperidine rings is 1. The summed E-state index contributed by atoms with van der Waals surface area (Å²) in [6.45, 7) is 4.50. The van der Waals surface area contributed by atoms with Gasteiger partial charge in [0.25, 0.3) is 0 Å². The molecule has 1 saturated heterocycles. The maximum absolute atomic E-state index is 5.37. The van der Waals surface area contributed by atoms with Gasteiger partial charge in [-0.3, -0.25) is 0 Å². The van der Waals surface area contributed by atoms with Crippen LogP contribution in [0.15, 0.2) is 18.2 Å². The van der Waals surface area contributed by atoms with Crippen molar-refractivity contribution in [3.8, 4) is 11.5 Å². The van der Waals surface area contributed by atoms with Crippen LogP contribution in [0.1, 0.15) is 25.3 Å². The Labute approximate surface area is 103 Å². The maximum atomic E-state index is 5.37. The average Bonchev–Trinajstić information content (AvgIpc) is 2.38. The van der Waals surface area contributed by atoms with E-state index in [4.69, 9.17) is 9.47 Å². The Bertz CT molecular complexity index is 384. The molecule has 3 heteroatoms. The zero-order valence-electron chi connectivity index (χ0n) is 10.9. The van der Waals surface area contributed by atoms with E-state index in [1.165, 1.54) is 18.4 Å². The predicted octanol–water partition coefficient (Wildman–Crippen LogP) is 2.34. The largest absolute Gasteiger partial charge is 0.493 e. The molecule has 0 bridgehead atoms. The van der Waals surface area contributed by atoms with E-state index in [-0.39, 0.29) is 5.41 Å². The molecule has 2 rings (SSSR count). The van der Waals surface area contributed by atoms with E-state index < -0.39 is 0 Å². The predicted molar refractivity (Wildman–Crippen MR) is 69.0 cm³/mol.